The lowest BCUT2D eigenvalue weighted by Crippen LogP contribution is -2.43. The van der Waals surface area contributed by atoms with E-state index in [1.54, 1.807) is 7.11 Å². The van der Waals surface area contributed by atoms with Gasteiger partial charge in [-0.05, 0) is 37.0 Å². The second kappa shape index (κ2) is 7.55. The number of nitrogens with two attached hydrogens (primary N) is 1. The molecule has 112 valence electrons. The van der Waals surface area contributed by atoms with Crippen LogP contribution in [0.3, 0.4) is 0 Å². The molecule has 0 saturated heterocycles. The summed E-state index contributed by atoms with van der Waals surface area (Å²) in [6.07, 6.45) is 3.54. The van der Waals surface area contributed by atoms with Crippen molar-refractivity contribution in [2.24, 2.45) is 5.73 Å². The summed E-state index contributed by atoms with van der Waals surface area (Å²) in [5, 5.41) is 0. The molecule has 1 aliphatic carbocycles. The van der Waals surface area contributed by atoms with Crippen molar-refractivity contribution in [2.75, 3.05) is 20.3 Å². The van der Waals surface area contributed by atoms with Crippen LogP contribution in [0.4, 0.5) is 0 Å². The average molecular weight is 341 g/mol. The minimum absolute atomic E-state index is 0.154. The first-order chi connectivity index (χ1) is 9.67. The molecule has 2 N–H and O–H groups in total. The molecule has 2 unspecified atom stereocenters. The van der Waals surface area contributed by atoms with E-state index >= 15 is 0 Å². The second-order valence-electron chi connectivity index (χ2n) is 5.53. The van der Waals surface area contributed by atoms with Crippen molar-refractivity contribution in [3.8, 4) is 0 Å². The van der Waals surface area contributed by atoms with Crippen LogP contribution in [0.1, 0.15) is 37.8 Å². The highest BCUT2D eigenvalue weighted by atomic mass is 79.9. The number of methoxy groups -OCH3 is 1. The van der Waals surface area contributed by atoms with E-state index < -0.39 is 0 Å². The zero-order valence-electron chi connectivity index (χ0n) is 12.4. The number of hydrogen-bond donors (Lipinski definition) is 1. The van der Waals surface area contributed by atoms with Gasteiger partial charge in [0, 0.05) is 30.2 Å². The van der Waals surface area contributed by atoms with Gasteiger partial charge in [-0.25, -0.2) is 0 Å². The Bertz CT molecular complexity index is 423. The Morgan fingerprint density at radius 2 is 2.20 bits per heavy atom. The molecule has 1 aromatic carbocycles. The van der Waals surface area contributed by atoms with Crippen LogP contribution in [0, 0.1) is 0 Å². The molecule has 2 atom stereocenters. The molecule has 0 spiro atoms. The number of benzene rings is 1. The lowest BCUT2D eigenvalue weighted by atomic mass is 9.96. The van der Waals surface area contributed by atoms with Crippen molar-refractivity contribution in [3.63, 3.8) is 0 Å². The Kier molecular flexibility index (Phi) is 6.02. The third-order valence-electron chi connectivity index (χ3n) is 3.99. The highest BCUT2D eigenvalue weighted by Crippen LogP contribution is 2.36. The number of ether oxygens (including phenoxy) is 1. The van der Waals surface area contributed by atoms with E-state index in [4.69, 9.17) is 10.5 Å². The van der Waals surface area contributed by atoms with Gasteiger partial charge < -0.3 is 10.5 Å². The summed E-state index contributed by atoms with van der Waals surface area (Å²) < 4.78 is 6.40. The Labute approximate surface area is 130 Å². The minimum Gasteiger partial charge on any atom is -0.383 e. The molecule has 1 fully saturated rings. The van der Waals surface area contributed by atoms with Gasteiger partial charge in [0.15, 0.2) is 0 Å². The van der Waals surface area contributed by atoms with Crippen molar-refractivity contribution < 1.29 is 4.74 Å². The summed E-state index contributed by atoms with van der Waals surface area (Å²) >= 11 is 3.57. The predicted molar refractivity (Wildman–Crippen MR) is 86.8 cm³/mol. The molecule has 1 aromatic rings. The van der Waals surface area contributed by atoms with Gasteiger partial charge in [-0.1, -0.05) is 35.0 Å². The summed E-state index contributed by atoms with van der Waals surface area (Å²) in [6.45, 7) is 3.88. The van der Waals surface area contributed by atoms with Gasteiger partial charge in [0.1, 0.15) is 0 Å². The number of hydrogen-bond acceptors (Lipinski definition) is 3. The van der Waals surface area contributed by atoms with Crippen LogP contribution in [-0.2, 0) is 4.74 Å². The Balaban J connectivity index is 2.25. The van der Waals surface area contributed by atoms with Gasteiger partial charge in [-0.3, -0.25) is 4.90 Å². The minimum atomic E-state index is 0.154. The van der Waals surface area contributed by atoms with E-state index in [2.05, 4.69) is 52.0 Å². The van der Waals surface area contributed by atoms with Crippen molar-refractivity contribution >= 4 is 15.9 Å². The zero-order valence-corrected chi connectivity index (χ0v) is 14.0. The number of rotatable bonds is 8. The topological polar surface area (TPSA) is 38.5 Å². The summed E-state index contributed by atoms with van der Waals surface area (Å²) in [4.78, 5) is 2.54. The quantitative estimate of drug-likeness (QED) is 0.788. The van der Waals surface area contributed by atoms with Crippen LogP contribution in [-0.4, -0.2) is 37.2 Å². The van der Waals surface area contributed by atoms with Crippen molar-refractivity contribution in [3.05, 3.63) is 34.3 Å². The summed E-state index contributed by atoms with van der Waals surface area (Å²) in [5.74, 6) is 0. The molecule has 4 heteroatoms. The molecule has 1 aliphatic rings. The van der Waals surface area contributed by atoms with E-state index in [1.807, 2.05) is 0 Å². The van der Waals surface area contributed by atoms with Crippen LogP contribution in [0.2, 0.25) is 0 Å². The fourth-order valence-corrected chi connectivity index (χ4v) is 3.17. The first kappa shape index (κ1) is 16.0. The molecular formula is C16H25BrN2O. The maximum atomic E-state index is 6.44. The van der Waals surface area contributed by atoms with Gasteiger partial charge >= 0.3 is 0 Å². The highest BCUT2D eigenvalue weighted by Gasteiger charge is 2.36. The van der Waals surface area contributed by atoms with Crippen LogP contribution >= 0.6 is 15.9 Å². The molecule has 2 rings (SSSR count). The second-order valence-corrected chi connectivity index (χ2v) is 6.45. The first-order valence-corrected chi connectivity index (χ1v) is 8.22. The molecule has 0 radical (unpaired) electrons. The molecule has 0 heterocycles. The van der Waals surface area contributed by atoms with Crippen LogP contribution < -0.4 is 5.73 Å². The van der Waals surface area contributed by atoms with E-state index in [1.165, 1.54) is 18.4 Å². The Hall–Kier alpha value is -0.420. The summed E-state index contributed by atoms with van der Waals surface area (Å²) in [7, 11) is 1.76. The van der Waals surface area contributed by atoms with E-state index in [9.17, 15) is 0 Å². The lowest BCUT2D eigenvalue weighted by molar-refractivity contribution is 0.101. The Morgan fingerprint density at radius 3 is 2.75 bits per heavy atom. The molecule has 20 heavy (non-hydrogen) atoms. The smallest absolute Gasteiger partial charge is 0.0590 e. The molecule has 0 aromatic heterocycles. The third-order valence-corrected chi connectivity index (χ3v) is 4.49. The lowest BCUT2D eigenvalue weighted by Gasteiger charge is -2.36. The SMILES string of the molecule is CCC(N)C(c1cccc(Br)c1)N(CCOC)C1CC1. The third kappa shape index (κ3) is 4.04. The normalized spacial score (nSPS) is 18.2. The fraction of sp³-hybridized carbons (Fsp3) is 0.625. The Morgan fingerprint density at radius 1 is 1.45 bits per heavy atom. The average Bonchev–Trinajstić information content (AvgIpc) is 3.27. The van der Waals surface area contributed by atoms with Gasteiger partial charge in [-0.15, -0.1) is 0 Å². The molecule has 0 bridgehead atoms. The number of halogens is 1. The monoisotopic (exact) mass is 340 g/mol. The molecular weight excluding hydrogens is 316 g/mol. The largest absolute Gasteiger partial charge is 0.383 e. The standard InChI is InChI=1S/C16H25BrN2O/c1-3-15(18)16(12-5-4-6-13(17)11-12)19(9-10-20-2)14-7-8-14/h4-6,11,14-16H,3,7-10,18H2,1-2H3. The van der Waals surface area contributed by atoms with Crippen LogP contribution in [0.5, 0.6) is 0 Å². The van der Waals surface area contributed by atoms with Gasteiger partial charge in [-0.2, -0.15) is 0 Å². The van der Waals surface area contributed by atoms with Gasteiger partial charge in [0.2, 0.25) is 0 Å². The molecule has 0 aliphatic heterocycles. The van der Waals surface area contributed by atoms with E-state index in [-0.39, 0.29) is 12.1 Å². The van der Waals surface area contributed by atoms with Crippen LogP contribution in [0.15, 0.2) is 28.7 Å². The zero-order chi connectivity index (χ0) is 14.5. The van der Waals surface area contributed by atoms with Gasteiger partial charge in [0.25, 0.3) is 0 Å². The predicted octanol–water partition coefficient (Wildman–Crippen LogP) is 3.34. The highest BCUT2D eigenvalue weighted by molar-refractivity contribution is 9.10. The molecule has 1 saturated carbocycles. The maximum absolute atomic E-state index is 6.44. The fourth-order valence-electron chi connectivity index (χ4n) is 2.75. The van der Waals surface area contributed by atoms with E-state index in [0.717, 1.165) is 24.0 Å². The summed E-state index contributed by atoms with van der Waals surface area (Å²) in [5.41, 5.74) is 7.74. The first-order valence-electron chi connectivity index (χ1n) is 7.43. The van der Waals surface area contributed by atoms with Crippen molar-refractivity contribution in [1.82, 2.24) is 4.90 Å². The molecule has 0 amide bonds. The van der Waals surface area contributed by atoms with E-state index in [0.29, 0.717) is 6.04 Å². The van der Waals surface area contributed by atoms with Gasteiger partial charge in [0.05, 0.1) is 12.6 Å². The molecule has 3 nitrogen and oxygen atoms in total. The number of nitrogens with zero attached hydrogens (tertiary/aromatic N) is 1. The maximum Gasteiger partial charge on any atom is 0.0590 e. The van der Waals surface area contributed by atoms with Crippen LogP contribution in [0.25, 0.3) is 0 Å². The van der Waals surface area contributed by atoms with Crippen molar-refractivity contribution in [2.45, 2.75) is 44.3 Å². The summed E-state index contributed by atoms with van der Waals surface area (Å²) in [6, 6.07) is 9.65. The van der Waals surface area contributed by atoms with Crippen molar-refractivity contribution in [1.29, 1.82) is 0 Å².